The van der Waals surface area contributed by atoms with Crippen molar-refractivity contribution in [3.8, 4) is 11.3 Å². The Morgan fingerprint density at radius 1 is 1.08 bits per heavy atom. The van der Waals surface area contributed by atoms with Crippen molar-refractivity contribution >= 4 is 22.4 Å². The third kappa shape index (κ3) is 3.54. The summed E-state index contributed by atoms with van der Waals surface area (Å²) in [4.78, 5) is 19.3. The molecule has 24 heavy (non-hydrogen) atoms. The van der Waals surface area contributed by atoms with E-state index >= 15 is 0 Å². The summed E-state index contributed by atoms with van der Waals surface area (Å²) < 4.78 is 0. The average molecular weight is 336 g/mol. The first-order chi connectivity index (χ1) is 11.7. The van der Waals surface area contributed by atoms with Crippen LogP contribution in [0.5, 0.6) is 0 Å². The summed E-state index contributed by atoms with van der Waals surface area (Å²) in [6, 6.07) is 17.7. The fourth-order valence-corrected chi connectivity index (χ4v) is 3.35. The number of carbonyl (C=O) groups excluding carboxylic acids is 1. The standard InChI is InChI=1S/C20H20N2OS/c1-3-13-22(19(23)17-7-5-4-6-8-17)20-21-18(14-24-20)16-11-9-15(2)10-12-16/h4-12,14H,3,13H2,1-2H3. The molecule has 2 aromatic carbocycles. The lowest BCUT2D eigenvalue weighted by Gasteiger charge is -2.19. The monoisotopic (exact) mass is 336 g/mol. The van der Waals surface area contributed by atoms with Gasteiger partial charge in [-0.05, 0) is 25.5 Å². The van der Waals surface area contributed by atoms with Crippen LogP contribution in [0.3, 0.4) is 0 Å². The molecule has 0 radical (unpaired) electrons. The molecule has 0 bridgehead atoms. The Labute approximate surface area is 146 Å². The van der Waals surface area contributed by atoms with Gasteiger partial charge in [0.25, 0.3) is 5.91 Å². The Morgan fingerprint density at radius 3 is 2.46 bits per heavy atom. The summed E-state index contributed by atoms with van der Waals surface area (Å²) in [5, 5.41) is 2.77. The Morgan fingerprint density at radius 2 is 1.79 bits per heavy atom. The molecule has 0 N–H and O–H groups in total. The van der Waals surface area contributed by atoms with E-state index in [-0.39, 0.29) is 5.91 Å². The summed E-state index contributed by atoms with van der Waals surface area (Å²) in [5.74, 6) is 0.00209. The van der Waals surface area contributed by atoms with Crippen LogP contribution < -0.4 is 4.90 Å². The number of aromatic nitrogens is 1. The van der Waals surface area contributed by atoms with Crippen molar-refractivity contribution in [1.29, 1.82) is 0 Å². The molecule has 3 rings (SSSR count). The molecule has 0 fully saturated rings. The number of nitrogens with zero attached hydrogens (tertiary/aromatic N) is 2. The number of benzene rings is 2. The Kier molecular flexibility index (Phi) is 5.06. The highest BCUT2D eigenvalue weighted by Gasteiger charge is 2.20. The molecule has 0 saturated heterocycles. The molecule has 1 heterocycles. The molecule has 0 atom stereocenters. The second kappa shape index (κ2) is 7.41. The van der Waals surface area contributed by atoms with Crippen LogP contribution in [0.2, 0.25) is 0 Å². The molecule has 0 unspecified atom stereocenters. The molecule has 0 aliphatic rings. The number of aryl methyl sites for hydroxylation is 1. The highest BCUT2D eigenvalue weighted by Crippen LogP contribution is 2.28. The van der Waals surface area contributed by atoms with E-state index in [4.69, 9.17) is 4.98 Å². The van der Waals surface area contributed by atoms with Gasteiger partial charge in [-0.2, -0.15) is 0 Å². The SMILES string of the molecule is CCCN(C(=O)c1ccccc1)c1nc(-c2ccc(C)cc2)cs1. The van der Waals surface area contributed by atoms with E-state index in [0.717, 1.165) is 22.8 Å². The van der Waals surface area contributed by atoms with Gasteiger partial charge in [0.15, 0.2) is 5.13 Å². The van der Waals surface area contributed by atoms with Gasteiger partial charge in [0, 0.05) is 23.1 Å². The maximum Gasteiger partial charge on any atom is 0.260 e. The highest BCUT2D eigenvalue weighted by atomic mass is 32.1. The Bertz CT molecular complexity index is 809. The topological polar surface area (TPSA) is 33.2 Å². The molecule has 1 amide bonds. The zero-order valence-corrected chi connectivity index (χ0v) is 14.7. The largest absolute Gasteiger partial charge is 0.284 e. The second-order valence-corrected chi connectivity index (χ2v) is 6.54. The fourth-order valence-electron chi connectivity index (χ4n) is 2.49. The first kappa shape index (κ1) is 16.4. The zero-order valence-electron chi connectivity index (χ0n) is 13.9. The summed E-state index contributed by atoms with van der Waals surface area (Å²) in [6.45, 7) is 4.80. The number of anilines is 1. The van der Waals surface area contributed by atoms with Gasteiger partial charge in [0.2, 0.25) is 0 Å². The molecular weight excluding hydrogens is 316 g/mol. The van der Waals surface area contributed by atoms with Crippen molar-refractivity contribution in [1.82, 2.24) is 4.98 Å². The van der Waals surface area contributed by atoms with Gasteiger partial charge in [-0.1, -0.05) is 55.0 Å². The van der Waals surface area contributed by atoms with E-state index in [1.807, 2.05) is 35.7 Å². The number of hydrogen-bond acceptors (Lipinski definition) is 3. The molecule has 0 aliphatic heterocycles. The van der Waals surface area contributed by atoms with E-state index in [1.54, 1.807) is 4.90 Å². The highest BCUT2D eigenvalue weighted by molar-refractivity contribution is 7.14. The van der Waals surface area contributed by atoms with Crippen molar-refractivity contribution in [2.75, 3.05) is 11.4 Å². The van der Waals surface area contributed by atoms with Gasteiger partial charge in [-0.15, -0.1) is 11.3 Å². The van der Waals surface area contributed by atoms with Gasteiger partial charge in [0.1, 0.15) is 0 Å². The lowest BCUT2D eigenvalue weighted by molar-refractivity contribution is 0.0987. The van der Waals surface area contributed by atoms with Gasteiger partial charge >= 0.3 is 0 Å². The van der Waals surface area contributed by atoms with E-state index in [9.17, 15) is 4.79 Å². The summed E-state index contributed by atoms with van der Waals surface area (Å²) >= 11 is 1.51. The minimum Gasteiger partial charge on any atom is -0.284 e. The van der Waals surface area contributed by atoms with Crippen LogP contribution >= 0.6 is 11.3 Å². The van der Waals surface area contributed by atoms with Gasteiger partial charge in [0.05, 0.1) is 5.69 Å². The van der Waals surface area contributed by atoms with Crippen LogP contribution in [-0.4, -0.2) is 17.4 Å². The lowest BCUT2D eigenvalue weighted by atomic mass is 10.1. The van der Waals surface area contributed by atoms with Crippen LogP contribution in [-0.2, 0) is 0 Å². The predicted octanol–water partition coefficient (Wildman–Crippen LogP) is 5.18. The van der Waals surface area contributed by atoms with Crippen LogP contribution in [0, 0.1) is 6.92 Å². The summed E-state index contributed by atoms with van der Waals surface area (Å²) in [7, 11) is 0. The second-order valence-electron chi connectivity index (χ2n) is 5.70. The van der Waals surface area contributed by atoms with Gasteiger partial charge in [-0.25, -0.2) is 4.98 Å². The summed E-state index contributed by atoms with van der Waals surface area (Å²) in [5.41, 5.74) is 3.91. The van der Waals surface area contributed by atoms with Crippen molar-refractivity contribution < 1.29 is 4.79 Å². The third-order valence-corrected chi connectivity index (χ3v) is 4.65. The quantitative estimate of drug-likeness (QED) is 0.643. The number of rotatable bonds is 5. The normalized spacial score (nSPS) is 10.6. The Balaban J connectivity index is 1.89. The van der Waals surface area contributed by atoms with Crippen LogP contribution in [0.1, 0.15) is 29.3 Å². The van der Waals surface area contributed by atoms with Gasteiger partial charge in [-0.3, -0.25) is 9.69 Å². The molecule has 0 aliphatic carbocycles. The molecule has 3 nitrogen and oxygen atoms in total. The number of hydrogen-bond donors (Lipinski definition) is 0. The summed E-state index contributed by atoms with van der Waals surface area (Å²) in [6.07, 6.45) is 0.887. The minimum absolute atomic E-state index is 0.00209. The Hall–Kier alpha value is -2.46. The van der Waals surface area contributed by atoms with Gasteiger partial charge < -0.3 is 0 Å². The maximum atomic E-state index is 12.8. The number of carbonyl (C=O) groups is 1. The van der Waals surface area contributed by atoms with Crippen molar-refractivity contribution in [3.63, 3.8) is 0 Å². The van der Waals surface area contributed by atoms with Crippen molar-refractivity contribution in [2.45, 2.75) is 20.3 Å². The van der Waals surface area contributed by atoms with Crippen LogP contribution in [0.15, 0.2) is 60.0 Å². The number of thiazole rings is 1. The van der Waals surface area contributed by atoms with E-state index < -0.39 is 0 Å². The average Bonchev–Trinajstić information content (AvgIpc) is 3.10. The molecule has 122 valence electrons. The van der Waals surface area contributed by atoms with Crippen LogP contribution in [0.4, 0.5) is 5.13 Å². The maximum absolute atomic E-state index is 12.8. The number of amides is 1. The third-order valence-electron chi connectivity index (χ3n) is 3.78. The molecule has 4 heteroatoms. The first-order valence-electron chi connectivity index (χ1n) is 8.08. The minimum atomic E-state index is 0.00209. The van der Waals surface area contributed by atoms with E-state index in [0.29, 0.717) is 12.1 Å². The molecule has 3 aromatic rings. The van der Waals surface area contributed by atoms with E-state index in [2.05, 4.69) is 38.1 Å². The predicted molar refractivity (Wildman–Crippen MR) is 101 cm³/mol. The fraction of sp³-hybridized carbons (Fsp3) is 0.200. The first-order valence-corrected chi connectivity index (χ1v) is 8.96. The molecular formula is C20H20N2OS. The smallest absolute Gasteiger partial charge is 0.260 e. The van der Waals surface area contributed by atoms with Crippen molar-refractivity contribution in [3.05, 3.63) is 71.1 Å². The van der Waals surface area contributed by atoms with Crippen molar-refractivity contribution in [2.24, 2.45) is 0 Å². The molecule has 0 spiro atoms. The van der Waals surface area contributed by atoms with E-state index in [1.165, 1.54) is 16.9 Å². The van der Waals surface area contributed by atoms with Crippen LogP contribution in [0.25, 0.3) is 11.3 Å². The molecule has 0 saturated carbocycles. The zero-order chi connectivity index (χ0) is 16.9. The molecule has 1 aromatic heterocycles. The lowest BCUT2D eigenvalue weighted by Crippen LogP contribution is -2.31.